The van der Waals surface area contributed by atoms with Crippen molar-refractivity contribution in [3.05, 3.63) is 18.0 Å². The number of rotatable bonds is 5. The summed E-state index contributed by atoms with van der Waals surface area (Å²) < 4.78 is 0. The Labute approximate surface area is 179 Å². The summed E-state index contributed by atoms with van der Waals surface area (Å²) >= 11 is 0. The lowest BCUT2D eigenvalue weighted by Crippen LogP contribution is -2.67. The fourth-order valence-corrected chi connectivity index (χ4v) is 5.48. The maximum atomic E-state index is 12.8. The average Bonchev–Trinajstić information content (AvgIpc) is 2.72. The van der Waals surface area contributed by atoms with Crippen LogP contribution in [0.1, 0.15) is 44.6 Å². The summed E-state index contributed by atoms with van der Waals surface area (Å²) in [6.45, 7) is 4.82. The zero-order valence-corrected chi connectivity index (χ0v) is 18.4. The number of carboxylic acid groups (broad SMARTS) is 1. The summed E-state index contributed by atoms with van der Waals surface area (Å²) in [6.07, 6.45) is 10.3. The summed E-state index contributed by atoms with van der Waals surface area (Å²) in [6, 6.07) is 0.714. The molecule has 0 unspecified atom stereocenters. The average molecular weight is 418 g/mol. The number of aromatic nitrogens is 2. The molecule has 3 aliphatic heterocycles. The van der Waals surface area contributed by atoms with E-state index in [-0.39, 0.29) is 6.47 Å². The second kappa shape index (κ2) is 10.2. The van der Waals surface area contributed by atoms with Crippen LogP contribution in [0.25, 0.3) is 0 Å². The highest BCUT2D eigenvalue weighted by Crippen LogP contribution is 2.42. The molecule has 3 saturated heterocycles. The number of carbonyl (C=O) groups is 2. The number of aryl methyl sites for hydroxylation is 1. The molecule has 0 aliphatic carbocycles. The minimum atomic E-state index is -0.250. The summed E-state index contributed by atoms with van der Waals surface area (Å²) in [4.78, 5) is 37.4. The lowest BCUT2D eigenvalue weighted by atomic mass is 9.72. The van der Waals surface area contributed by atoms with Gasteiger partial charge in [0.15, 0.2) is 0 Å². The summed E-state index contributed by atoms with van der Waals surface area (Å²) in [5.41, 5.74) is 1.22. The molecule has 4 atom stereocenters. The third-order valence-corrected chi connectivity index (χ3v) is 6.56. The fraction of sp³-hybridized carbons (Fsp3) is 0.727. The molecular formula is C22H35N5O3. The van der Waals surface area contributed by atoms with Crippen molar-refractivity contribution in [2.45, 2.75) is 57.5 Å². The number of nitrogens with zero attached hydrogens (tertiary/aromatic N) is 5. The van der Waals surface area contributed by atoms with E-state index in [2.05, 4.69) is 45.7 Å². The van der Waals surface area contributed by atoms with Gasteiger partial charge in [0.2, 0.25) is 11.9 Å². The van der Waals surface area contributed by atoms with E-state index in [1.807, 2.05) is 12.4 Å². The normalized spacial score (nSPS) is 27.9. The summed E-state index contributed by atoms with van der Waals surface area (Å²) in [5, 5.41) is 6.89. The van der Waals surface area contributed by atoms with Gasteiger partial charge in [-0.1, -0.05) is 13.3 Å². The zero-order chi connectivity index (χ0) is 21.7. The number of fused-ring (bicyclic) bond motifs is 4. The Bertz CT molecular complexity index is 711. The molecule has 4 heterocycles. The van der Waals surface area contributed by atoms with E-state index in [1.165, 1.54) is 12.0 Å². The smallest absolute Gasteiger partial charge is 0.290 e. The highest BCUT2D eigenvalue weighted by atomic mass is 16.3. The Morgan fingerprint density at radius 3 is 2.53 bits per heavy atom. The van der Waals surface area contributed by atoms with Crippen LogP contribution in [-0.2, 0) is 16.0 Å². The third kappa shape index (κ3) is 4.91. The number of amides is 1. The van der Waals surface area contributed by atoms with Gasteiger partial charge in [-0.15, -0.1) is 0 Å². The van der Waals surface area contributed by atoms with Crippen LogP contribution in [0.4, 0.5) is 5.95 Å². The molecule has 8 nitrogen and oxygen atoms in total. The fourth-order valence-electron chi connectivity index (χ4n) is 5.48. The van der Waals surface area contributed by atoms with Crippen LogP contribution >= 0.6 is 0 Å². The lowest BCUT2D eigenvalue weighted by Gasteiger charge is -2.57. The molecule has 0 radical (unpaired) electrons. The molecule has 1 amide bonds. The third-order valence-electron chi connectivity index (χ3n) is 6.56. The second-order valence-electron chi connectivity index (χ2n) is 9.00. The highest BCUT2D eigenvalue weighted by Gasteiger charge is 2.49. The van der Waals surface area contributed by atoms with Crippen molar-refractivity contribution in [1.29, 1.82) is 0 Å². The van der Waals surface area contributed by atoms with Crippen LogP contribution in [-0.4, -0.2) is 83.1 Å². The van der Waals surface area contributed by atoms with E-state index in [9.17, 15) is 4.79 Å². The minimum absolute atomic E-state index is 0.250. The van der Waals surface area contributed by atoms with E-state index in [0.29, 0.717) is 29.8 Å². The molecule has 1 aromatic rings. The molecule has 0 aromatic carbocycles. The van der Waals surface area contributed by atoms with E-state index < -0.39 is 0 Å². The van der Waals surface area contributed by atoms with Gasteiger partial charge in [0, 0.05) is 50.5 Å². The number of hydrogen-bond donors (Lipinski definition) is 1. The molecule has 3 aliphatic rings. The van der Waals surface area contributed by atoms with Gasteiger partial charge < -0.3 is 19.8 Å². The number of anilines is 1. The standard InChI is InChI=1S/C21H33N5O.CH2O2/c1-4-6-15-10-22-21(23-11-15)25-12-16-9-17(13-25)19(14-24(2)3)26-18(16)7-5-8-20(26)27;2-1-3/h10-11,16-19H,4-9,12-14H2,1-3H3;1H,(H,2,3)/t16-,17+,18+,19+;/m1./s1. The van der Waals surface area contributed by atoms with Gasteiger partial charge in [-0.05, 0) is 57.2 Å². The summed E-state index contributed by atoms with van der Waals surface area (Å²) in [7, 11) is 4.23. The second-order valence-corrected chi connectivity index (χ2v) is 9.00. The first-order valence-electron chi connectivity index (χ1n) is 11.1. The van der Waals surface area contributed by atoms with Crippen LogP contribution < -0.4 is 4.90 Å². The van der Waals surface area contributed by atoms with Gasteiger partial charge in [-0.25, -0.2) is 9.97 Å². The van der Waals surface area contributed by atoms with Gasteiger partial charge in [-0.2, -0.15) is 0 Å². The molecule has 0 spiro atoms. The van der Waals surface area contributed by atoms with Crippen molar-refractivity contribution in [1.82, 2.24) is 19.8 Å². The Hall–Kier alpha value is -2.22. The van der Waals surface area contributed by atoms with E-state index in [0.717, 1.165) is 57.7 Å². The van der Waals surface area contributed by atoms with Gasteiger partial charge in [0.25, 0.3) is 6.47 Å². The highest BCUT2D eigenvalue weighted by molar-refractivity contribution is 5.78. The Morgan fingerprint density at radius 1 is 1.23 bits per heavy atom. The Kier molecular flexibility index (Phi) is 7.64. The summed E-state index contributed by atoms with van der Waals surface area (Å²) in [5.74, 6) is 2.29. The van der Waals surface area contributed by atoms with Crippen LogP contribution in [0, 0.1) is 11.8 Å². The molecule has 166 valence electrons. The van der Waals surface area contributed by atoms with Crippen molar-refractivity contribution < 1.29 is 14.7 Å². The van der Waals surface area contributed by atoms with Crippen molar-refractivity contribution in [3.8, 4) is 0 Å². The predicted molar refractivity (Wildman–Crippen MR) is 115 cm³/mol. The number of carbonyl (C=O) groups excluding carboxylic acids is 1. The number of piperidine rings is 3. The van der Waals surface area contributed by atoms with Gasteiger partial charge in [-0.3, -0.25) is 9.59 Å². The molecular weight excluding hydrogens is 382 g/mol. The van der Waals surface area contributed by atoms with Gasteiger partial charge in [0.1, 0.15) is 0 Å². The van der Waals surface area contributed by atoms with Gasteiger partial charge in [0.05, 0.1) is 0 Å². The predicted octanol–water partition coefficient (Wildman–Crippen LogP) is 1.90. The first kappa shape index (κ1) is 22.5. The van der Waals surface area contributed by atoms with Gasteiger partial charge >= 0.3 is 0 Å². The minimum Gasteiger partial charge on any atom is -0.483 e. The van der Waals surface area contributed by atoms with Crippen molar-refractivity contribution in [2.75, 3.05) is 38.6 Å². The first-order chi connectivity index (χ1) is 14.5. The molecule has 1 aromatic heterocycles. The van der Waals surface area contributed by atoms with E-state index in [1.54, 1.807) is 0 Å². The van der Waals surface area contributed by atoms with Crippen molar-refractivity contribution in [3.63, 3.8) is 0 Å². The van der Waals surface area contributed by atoms with Crippen LogP contribution in [0.3, 0.4) is 0 Å². The quantitative estimate of drug-likeness (QED) is 0.732. The van der Waals surface area contributed by atoms with Crippen molar-refractivity contribution in [2.24, 2.45) is 11.8 Å². The zero-order valence-electron chi connectivity index (χ0n) is 18.4. The maximum Gasteiger partial charge on any atom is 0.290 e. The molecule has 30 heavy (non-hydrogen) atoms. The number of likely N-dealkylation sites (N-methyl/N-ethyl adjacent to an activating group) is 1. The molecule has 3 fully saturated rings. The topological polar surface area (TPSA) is 89.9 Å². The van der Waals surface area contributed by atoms with Crippen LogP contribution in [0.5, 0.6) is 0 Å². The van der Waals surface area contributed by atoms with Crippen LogP contribution in [0.2, 0.25) is 0 Å². The largest absolute Gasteiger partial charge is 0.483 e. The molecule has 0 saturated carbocycles. The number of hydrogen-bond acceptors (Lipinski definition) is 6. The van der Waals surface area contributed by atoms with Crippen LogP contribution in [0.15, 0.2) is 12.4 Å². The Morgan fingerprint density at radius 2 is 1.90 bits per heavy atom. The monoisotopic (exact) mass is 417 g/mol. The molecule has 4 rings (SSSR count). The molecule has 2 bridgehead atoms. The Balaban J connectivity index is 0.000000806. The van der Waals surface area contributed by atoms with E-state index >= 15 is 0 Å². The SMILES string of the molecule is CCCc1cnc(N2C[C@H]3C[C@@H](C2)[C@H](CN(C)C)N2C(=O)CCC[C@@H]32)nc1.O=CO. The van der Waals surface area contributed by atoms with Crippen molar-refractivity contribution >= 4 is 18.3 Å². The molecule has 8 heteroatoms. The lowest BCUT2D eigenvalue weighted by molar-refractivity contribution is -0.149. The van der Waals surface area contributed by atoms with E-state index in [4.69, 9.17) is 9.90 Å². The molecule has 1 N–H and O–H groups in total. The maximum absolute atomic E-state index is 12.8. The first-order valence-corrected chi connectivity index (χ1v) is 11.1.